The summed E-state index contributed by atoms with van der Waals surface area (Å²) in [7, 11) is 0. The van der Waals surface area contributed by atoms with Crippen LogP contribution < -0.4 is 9.47 Å². The van der Waals surface area contributed by atoms with Crippen LogP contribution in [0.1, 0.15) is 35.2 Å². The van der Waals surface area contributed by atoms with E-state index in [0.29, 0.717) is 59.7 Å². The van der Waals surface area contributed by atoms with Crippen molar-refractivity contribution < 1.29 is 38.1 Å². The average Bonchev–Trinajstić information content (AvgIpc) is 3.20. The molecule has 0 aliphatic carbocycles. The Morgan fingerprint density at radius 3 is 2.05 bits per heavy atom. The molecule has 0 amide bonds. The van der Waals surface area contributed by atoms with Crippen LogP contribution in [-0.2, 0) is 22.6 Å². The third-order valence-corrected chi connectivity index (χ3v) is 6.66. The zero-order chi connectivity index (χ0) is 30.1. The number of aliphatic carboxylic acids is 2. The van der Waals surface area contributed by atoms with Gasteiger partial charge in [0, 0.05) is 23.1 Å². The summed E-state index contributed by atoms with van der Waals surface area (Å²) in [6.45, 7) is 2.13. The summed E-state index contributed by atoms with van der Waals surface area (Å²) in [5.74, 6) is -1.50. The number of aromatic nitrogens is 1. The summed E-state index contributed by atoms with van der Waals surface area (Å²) in [6.07, 6.45) is 7.89. The van der Waals surface area contributed by atoms with Crippen LogP contribution >= 0.6 is 0 Å². The first-order valence-corrected chi connectivity index (χ1v) is 13.4. The fourth-order valence-corrected chi connectivity index (χ4v) is 4.69. The van der Waals surface area contributed by atoms with Gasteiger partial charge >= 0.3 is 11.9 Å². The Balaban J connectivity index is 1.44. The molecular formula is C33H31F2NO6. The van der Waals surface area contributed by atoms with Crippen LogP contribution in [0.4, 0.5) is 8.78 Å². The maximum absolute atomic E-state index is 14.7. The third-order valence-electron chi connectivity index (χ3n) is 6.66. The predicted molar refractivity (Wildman–Crippen MR) is 157 cm³/mol. The number of halogens is 2. The van der Waals surface area contributed by atoms with Crippen LogP contribution in [-0.4, -0.2) is 39.9 Å². The Morgan fingerprint density at radius 2 is 1.45 bits per heavy atom. The van der Waals surface area contributed by atoms with Gasteiger partial charge in [0.15, 0.2) is 0 Å². The molecule has 0 radical (unpaired) electrons. The molecule has 0 fully saturated rings. The minimum Gasteiger partial charge on any atom is -0.490 e. The molecule has 4 aromatic rings. The van der Waals surface area contributed by atoms with Gasteiger partial charge in [-0.05, 0) is 91.6 Å². The predicted octanol–water partition coefficient (Wildman–Crippen LogP) is 6.90. The van der Waals surface area contributed by atoms with Crippen molar-refractivity contribution in [3.05, 3.63) is 107 Å². The maximum Gasteiger partial charge on any atom is 0.323 e. The smallest absolute Gasteiger partial charge is 0.323 e. The van der Waals surface area contributed by atoms with Crippen molar-refractivity contribution in [1.29, 1.82) is 0 Å². The van der Waals surface area contributed by atoms with Crippen molar-refractivity contribution in [2.24, 2.45) is 0 Å². The Bertz CT molecular complexity index is 1600. The van der Waals surface area contributed by atoms with Gasteiger partial charge in [-0.15, -0.1) is 0 Å². The van der Waals surface area contributed by atoms with Gasteiger partial charge in [0.05, 0.1) is 5.52 Å². The number of carbonyl (C=O) groups is 2. The van der Waals surface area contributed by atoms with Gasteiger partial charge in [-0.3, -0.25) is 9.59 Å². The topological polar surface area (TPSA) is 98.0 Å². The minimum atomic E-state index is -1.03. The van der Waals surface area contributed by atoms with Crippen molar-refractivity contribution in [3.63, 3.8) is 0 Å². The van der Waals surface area contributed by atoms with Crippen LogP contribution in [0.15, 0.2) is 72.8 Å². The monoisotopic (exact) mass is 575 g/mol. The van der Waals surface area contributed by atoms with E-state index in [9.17, 15) is 23.5 Å². The van der Waals surface area contributed by atoms with E-state index in [0.717, 1.165) is 11.1 Å². The first-order valence-electron chi connectivity index (χ1n) is 13.4. The van der Waals surface area contributed by atoms with Crippen molar-refractivity contribution in [2.75, 3.05) is 13.2 Å². The number of benzene rings is 3. The molecule has 9 heteroatoms. The molecule has 0 bridgehead atoms. The lowest BCUT2D eigenvalue weighted by atomic mass is 10.0. The van der Waals surface area contributed by atoms with E-state index in [2.05, 4.69) is 0 Å². The van der Waals surface area contributed by atoms with Crippen LogP contribution in [0, 0.1) is 18.6 Å². The van der Waals surface area contributed by atoms with Crippen LogP contribution in [0.3, 0.4) is 0 Å². The van der Waals surface area contributed by atoms with Crippen molar-refractivity contribution in [1.82, 2.24) is 4.57 Å². The summed E-state index contributed by atoms with van der Waals surface area (Å²) < 4.78 is 40.5. The molecule has 1 heterocycles. The molecule has 0 unspecified atom stereocenters. The van der Waals surface area contributed by atoms with Gasteiger partial charge in [-0.25, -0.2) is 8.78 Å². The summed E-state index contributed by atoms with van der Waals surface area (Å²) >= 11 is 0. The van der Waals surface area contributed by atoms with Crippen LogP contribution in [0.2, 0.25) is 0 Å². The molecule has 1 aromatic heterocycles. The molecule has 0 aliphatic rings. The number of aryl methyl sites for hydroxylation is 1. The second-order valence-electron chi connectivity index (χ2n) is 9.63. The molecule has 0 saturated carbocycles. The van der Waals surface area contributed by atoms with E-state index < -0.39 is 17.8 Å². The Morgan fingerprint density at radius 1 is 0.833 bits per heavy atom. The van der Waals surface area contributed by atoms with E-state index in [1.54, 1.807) is 35.8 Å². The minimum absolute atomic E-state index is 0.0327. The summed E-state index contributed by atoms with van der Waals surface area (Å²) in [5.41, 5.74) is 3.37. The fourth-order valence-electron chi connectivity index (χ4n) is 4.69. The van der Waals surface area contributed by atoms with E-state index in [4.69, 9.17) is 14.6 Å². The van der Waals surface area contributed by atoms with Crippen LogP contribution in [0.25, 0.3) is 23.1 Å². The lowest BCUT2D eigenvalue weighted by Crippen LogP contribution is -2.10. The summed E-state index contributed by atoms with van der Waals surface area (Å²) in [5, 5.41) is 19.1. The highest BCUT2D eigenvalue weighted by atomic mass is 19.1. The highest BCUT2D eigenvalue weighted by Crippen LogP contribution is 2.32. The zero-order valence-electron chi connectivity index (χ0n) is 23.1. The highest BCUT2D eigenvalue weighted by molar-refractivity contribution is 5.95. The molecule has 2 N–H and O–H groups in total. The Kier molecular flexibility index (Phi) is 10.1. The number of ether oxygens (including phenoxy) is 2. The molecule has 3 aromatic carbocycles. The molecule has 218 valence electrons. The van der Waals surface area contributed by atoms with Gasteiger partial charge in [0.2, 0.25) is 0 Å². The van der Waals surface area contributed by atoms with Gasteiger partial charge < -0.3 is 24.3 Å². The highest BCUT2D eigenvalue weighted by Gasteiger charge is 2.19. The molecule has 4 rings (SSSR count). The van der Waals surface area contributed by atoms with E-state index in [-0.39, 0.29) is 18.8 Å². The van der Waals surface area contributed by atoms with Gasteiger partial charge in [-0.2, -0.15) is 0 Å². The quantitative estimate of drug-likeness (QED) is 0.125. The lowest BCUT2D eigenvalue weighted by molar-refractivity contribution is -0.138. The second-order valence-corrected chi connectivity index (χ2v) is 9.63. The van der Waals surface area contributed by atoms with E-state index >= 15 is 0 Å². The Hall–Kier alpha value is -4.92. The third kappa shape index (κ3) is 8.06. The van der Waals surface area contributed by atoms with Crippen molar-refractivity contribution >= 4 is 35.0 Å². The molecule has 7 nitrogen and oxygen atoms in total. The van der Waals surface area contributed by atoms with Gasteiger partial charge in [-0.1, -0.05) is 24.3 Å². The molecule has 0 spiro atoms. The van der Waals surface area contributed by atoms with E-state index in [1.165, 1.54) is 24.3 Å². The number of hydrogen-bond acceptors (Lipinski definition) is 4. The first kappa shape index (κ1) is 30.0. The van der Waals surface area contributed by atoms with Crippen molar-refractivity contribution in [2.45, 2.75) is 32.7 Å². The first-order chi connectivity index (χ1) is 20.2. The number of carboxylic acids is 2. The van der Waals surface area contributed by atoms with Crippen molar-refractivity contribution in [3.8, 4) is 11.5 Å². The second kappa shape index (κ2) is 14.1. The Labute approximate surface area is 241 Å². The number of fused-ring (bicyclic) bond motifs is 1. The lowest BCUT2D eigenvalue weighted by Gasteiger charge is -2.08. The van der Waals surface area contributed by atoms with Crippen LogP contribution in [0.5, 0.6) is 11.5 Å². The summed E-state index contributed by atoms with van der Waals surface area (Å²) in [6, 6.07) is 15.8. The number of hydrogen-bond donors (Lipinski definition) is 2. The number of carboxylic acid groups (broad SMARTS) is 2. The zero-order valence-corrected chi connectivity index (χ0v) is 23.1. The average molecular weight is 576 g/mol. The normalized spacial score (nSPS) is 11.5. The van der Waals surface area contributed by atoms with Gasteiger partial charge in [0.1, 0.15) is 42.9 Å². The standard InChI is InChI=1S/C33H31F2NO6/c1-22-29(5-4-6-31(37)38)30-20-26(35)19-24(33(30)36(22)21-32(39)40)10-7-23-8-13-27(14-9-23)41-17-2-3-18-42-28-15-11-25(34)12-16-28/h2-3,7-16,19-20H,4-6,17-18,21H2,1H3,(H,37,38)(H,39,40)/b3-2+,10-7+. The SMILES string of the molecule is Cc1c(CCCC(=O)O)c2cc(F)cc(/C=C/c3ccc(OC/C=C/COc4ccc(F)cc4)cc3)c2n1CC(=O)O. The largest absolute Gasteiger partial charge is 0.490 e. The van der Waals surface area contributed by atoms with Gasteiger partial charge in [0.25, 0.3) is 0 Å². The fraction of sp³-hybridized carbons (Fsp3) is 0.212. The van der Waals surface area contributed by atoms with E-state index in [1.807, 2.05) is 36.4 Å². The maximum atomic E-state index is 14.7. The number of rotatable bonds is 14. The molecule has 0 saturated heterocycles. The number of nitrogens with zero attached hydrogens (tertiary/aromatic N) is 1. The molecule has 42 heavy (non-hydrogen) atoms. The molecule has 0 aliphatic heterocycles. The summed E-state index contributed by atoms with van der Waals surface area (Å²) in [4.78, 5) is 22.6. The molecular weight excluding hydrogens is 544 g/mol. The molecule has 0 atom stereocenters.